The van der Waals surface area contributed by atoms with E-state index < -0.39 is 11.3 Å². The summed E-state index contributed by atoms with van der Waals surface area (Å²) >= 11 is 0. The molecule has 43 heavy (non-hydrogen) atoms. The standard InChI is InChI=1S/C33H41FN4O5/c1-23-22-43-28-7-3-2-6-27(28)30(40)35-16-5-4-13-33(32(42)36-23)14-18-37(19-15-33)31(41)25-20-29(39)38(21-25)17-12-24-8-10-26(34)11-9-24/h2-3,6-11,23,25H,4-5,12-22H2,1H3,(H,35,40)(H,36,42)/t23-,25?/m1/s1. The first-order valence-electron chi connectivity index (χ1n) is 15.4. The number of nitrogens with one attached hydrogen (secondary N) is 2. The van der Waals surface area contributed by atoms with Crippen LogP contribution in [0.5, 0.6) is 5.75 Å². The number of benzene rings is 2. The Kier molecular flexibility index (Phi) is 9.62. The molecule has 2 atom stereocenters. The summed E-state index contributed by atoms with van der Waals surface area (Å²) in [6, 6.07) is 13.1. The normalized spacial score (nSPS) is 23.2. The number of hydrogen-bond acceptors (Lipinski definition) is 5. The van der Waals surface area contributed by atoms with Gasteiger partial charge >= 0.3 is 0 Å². The zero-order chi connectivity index (χ0) is 30.4. The molecule has 230 valence electrons. The lowest BCUT2D eigenvalue weighted by molar-refractivity contribution is -0.143. The molecule has 0 aromatic heterocycles. The van der Waals surface area contributed by atoms with Crippen molar-refractivity contribution in [2.24, 2.45) is 11.3 Å². The first-order valence-corrected chi connectivity index (χ1v) is 15.4. The van der Waals surface area contributed by atoms with Crippen LogP contribution in [0, 0.1) is 17.2 Å². The molecule has 1 unspecified atom stereocenters. The number of carbonyl (C=O) groups excluding carboxylic acids is 4. The van der Waals surface area contributed by atoms with Gasteiger partial charge in [-0.25, -0.2) is 4.39 Å². The van der Waals surface area contributed by atoms with E-state index in [0.717, 1.165) is 18.4 Å². The molecule has 0 bridgehead atoms. The number of halogens is 1. The van der Waals surface area contributed by atoms with E-state index in [2.05, 4.69) is 10.6 Å². The van der Waals surface area contributed by atoms with Gasteiger partial charge in [0.15, 0.2) is 0 Å². The Balaban J connectivity index is 1.17. The number of carbonyl (C=O) groups is 4. The van der Waals surface area contributed by atoms with Gasteiger partial charge in [-0.3, -0.25) is 19.2 Å². The fraction of sp³-hybridized carbons (Fsp3) is 0.515. The van der Waals surface area contributed by atoms with Gasteiger partial charge in [-0.2, -0.15) is 0 Å². The molecule has 3 heterocycles. The summed E-state index contributed by atoms with van der Waals surface area (Å²) in [4.78, 5) is 56.1. The van der Waals surface area contributed by atoms with E-state index in [1.54, 1.807) is 35.2 Å². The minimum Gasteiger partial charge on any atom is -0.491 e. The third-order valence-corrected chi connectivity index (χ3v) is 9.03. The molecule has 9 nitrogen and oxygen atoms in total. The van der Waals surface area contributed by atoms with Crippen LogP contribution in [0.3, 0.4) is 0 Å². The van der Waals surface area contributed by atoms with E-state index in [1.165, 1.54) is 12.1 Å². The van der Waals surface area contributed by atoms with Crippen molar-refractivity contribution in [1.82, 2.24) is 20.4 Å². The lowest BCUT2D eigenvalue weighted by Gasteiger charge is -2.42. The van der Waals surface area contributed by atoms with Gasteiger partial charge in [0.2, 0.25) is 17.7 Å². The van der Waals surface area contributed by atoms with Crippen molar-refractivity contribution in [2.45, 2.75) is 57.9 Å². The highest BCUT2D eigenvalue weighted by atomic mass is 19.1. The Hall–Kier alpha value is -3.95. The first-order chi connectivity index (χ1) is 20.7. The van der Waals surface area contributed by atoms with Crippen molar-refractivity contribution < 1.29 is 28.3 Å². The molecule has 0 saturated carbocycles. The van der Waals surface area contributed by atoms with Crippen molar-refractivity contribution in [1.29, 1.82) is 0 Å². The lowest BCUT2D eigenvalue weighted by atomic mass is 9.73. The zero-order valence-corrected chi connectivity index (χ0v) is 24.8. The number of rotatable bonds is 4. The Morgan fingerprint density at radius 3 is 2.53 bits per heavy atom. The largest absolute Gasteiger partial charge is 0.491 e. The first kappa shape index (κ1) is 30.5. The smallest absolute Gasteiger partial charge is 0.255 e. The lowest BCUT2D eigenvalue weighted by Crippen LogP contribution is -2.53. The van der Waals surface area contributed by atoms with Crippen molar-refractivity contribution >= 4 is 23.6 Å². The van der Waals surface area contributed by atoms with E-state index in [-0.39, 0.29) is 48.5 Å². The zero-order valence-electron chi connectivity index (χ0n) is 24.8. The van der Waals surface area contributed by atoms with Crippen molar-refractivity contribution in [3.63, 3.8) is 0 Å². The number of amides is 4. The van der Waals surface area contributed by atoms with E-state index >= 15 is 0 Å². The maximum absolute atomic E-state index is 13.7. The second-order valence-corrected chi connectivity index (χ2v) is 12.1. The molecular formula is C33H41FN4O5. The van der Waals surface area contributed by atoms with Gasteiger partial charge in [-0.15, -0.1) is 0 Å². The van der Waals surface area contributed by atoms with Gasteiger partial charge in [0, 0.05) is 39.1 Å². The summed E-state index contributed by atoms with van der Waals surface area (Å²) in [5, 5.41) is 6.11. The van der Waals surface area contributed by atoms with Gasteiger partial charge in [-0.1, -0.05) is 30.7 Å². The summed E-state index contributed by atoms with van der Waals surface area (Å²) in [6.07, 6.45) is 4.06. The summed E-state index contributed by atoms with van der Waals surface area (Å²) in [6.45, 7) is 4.41. The molecule has 2 aromatic rings. The Morgan fingerprint density at radius 1 is 1.02 bits per heavy atom. The van der Waals surface area contributed by atoms with Crippen LogP contribution in [0.15, 0.2) is 48.5 Å². The monoisotopic (exact) mass is 592 g/mol. The van der Waals surface area contributed by atoms with Gasteiger partial charge in [0.1, 0.15) is 18.2 Å². The second-order valence-electron chi connectivity index (χ2n) is 12.1. The molecule has 5 rings (SSSR count). The minimum atomic E-state index is -0.607. The van der Waals surface area contributed by atoms with E-state index in [9.17, 15) is 23.6 Å². The summed E-state index contributed by atoms with van der Waals surface area (Å²) < 4.78 is 19.1. The number of ether oxygens (including phenoxy) is 1. The fourth-order valence-electron chi connectivity index (χ4n) is 6.37. The van der Waals surface area contributed by atoms with Crippen molar-refractivity contribution in [3.8, 4) is 5.75 Å². The number of fused-ring (bicyclic) bond motifs is 1. The average Bonchev–Trinajstić information content (AvgIpc) is 3.39. The maximum atomic E-state index is 13.7. The molecule has 0 aliphatic carbocycles. The number of likely N-dealkylation sites (tertiary alicyclic amines) is 2. The van der Waals surface area contributed by atoms with Crippen molar-refractivity contribution in [3.05, 3.63) is 65.5 Å². The van der Waals surface area contributed by atoms with E-state index in [1.807, 2.05) is 17.9 Å². The van der Waals surface area contributed by atoms with Crippen molar-refractivity contribution in [2.75, 3.05) is 39.3 Å². The summed E-state index contributed by atoms with van der Waals surface area (Å²) in [5.74, 6) is -0.464. The number of hydrogen-bond donors (Lipinski definition) is 2. The van der Waals surface area contributed by atoms with Crippen LogP contribution in [0.2, 0.25) is 0 Å². The third kappa shape index (κ3) is 7.35. The summed E-state index contributed by atoms with van der Waals surface area (Å²) in [7, 11) is 0. The Morgan fingerprint density at radius 2 is 1.77 bits per heavy atom. The predicted octanol–water partition coefficient (Wildman–Crippen LogP) is 3.32. The molecule has 1 spiro atoms. The second kappa shape index (κ2) is 13.6. The predicted molar refractivity (Wildman–Crippen MR) is 159 cm³/mol. The van der Waals surface area contributed by atoms with Crippen LogP contribution in [0.4, 0.5) is 4.39 Å². The Bertz CT molecular complexity index is 1320. The molecule has 2 aromatic carbocycles. The molecule has 2 saturated heterocycles. The third-order valence-electron chi connectivity index (χ3n) is 9.03. The van der Waals surface area contributed by atoms with E-state index in [0.29, 0.717) is 69.7 Å². The maximum Gasteiger partial charge on any atom is 0.255 e. The summed E-state index contributed by atoms with van der Waals surface area (Å²) in [5.41, 5.74) is 0.815. The molecular weight excluding hydrogens is 551 g/mol. The highest BCUT2D eigenvalue weighted by Crippen LogP contribution is 2.38. The fourth-order valence-corrected chi connectivity index (χ4v) is 6.37. The van der Waals surface area contributed by atoms with Crippen LogP contribution in [0.1, 0.15) is 61.4 Å². The quantitative estimate of drug-likeness (QED) is 0.567. The number of nitrogens with zero attached hydrogens (tertiary/aromatic N) is 2. The highest BCUT2D eigenvalue weighted by Gasteiger charge is 2.44. The Labute approximate surface area is 252 Å². The van der Waals surface area contributed by atoms with Crippen LogP contribution < -0.4 is 15.4 Å². The molecule has 3 aliphatic heterocycles. The topological polar surface area (TPSA) is 108 Å². The van der Waals surface area contributed by atoms with Gasteiger partial charge < -0.3 is 25.2 Å². The van der Waals surface area contributed by atoms with Gasteiger partial charge in [-0.05, 0) is 68.9 Å². The molecule has 2 fully saturated rings. The SMILES string of the molecule is C[C@@H]1COc2ccccc2C(=O)NCCCCC2(CCN(C(=O)C3CC(=O)N(CCc4ccc(F)cc4)C3)CC2)C(=O)N1. The molecule has 10 heteroatoms. The minimum absolute atomic E-state index is 0.0203. The van der Waals surface area contributed by atoms with Gasteiger partial charge in [0.25, 0.3) is 5.91 Å². The number of piperidine rings is 1. The van der Waals surface area contributed by atoms with Crippen LogP contribution in [-0.4, -0.2) is 78.8 Å². The van der Waals surface area contributed by atoms with Crippen LogP contribution in [0.25, 0.3) is 0 Å². The molecule has 3 aliphatic rings. The van der Waals surface area contributed by atoms with E-state index in [4.69, 9.17) is 4.74 Å². The molecule has 2 N–H and O–H groups in total. The number of para-hydroxylation sites is 1. The van der Waals surface area contributed by atoms with Crippen LogP contribution >= 0.6 is 0 Å². The highest BCUT2D eigenvalue weighted by molar-refractivity contribution is 5.97. The molecule has 4 amide bonds. The average molecular weight is 593 g/mol. The van der Waals surface area contributed by atoms with Crippen LogP contribution in [-0.2, 0) is 20.8 Å². The molecule has 0 radical (unpaired) electrons. The van der Waals surface area contributed by atoms with Gasteiger partial charge in [0.05, 0.1) is 22.9 Å².